The van der Waals surface area contributed by atoms with Crippen LogP contribution in [0, 0.1) is 0 Å². The van der Waals surface area contributed by atoms with Crippen LogP contribution >= 0.6 is 0 Å². The van der Waals surface area contributed by atoms with Crippen molar-refractivity contribution < 1.29 is 14.0 Å². The highest BCUT2D eigenvalue weighted by Crippen LogP contribution is 2.22. The van der Waals surface area contributed by atoms with E-state index in [4.69, 9.17) is 10.2 Å². The second-order valence-electron chi connectivity index (χ2n) is 4.75. The second kappa shape index (κ2) is 6.61. The molecule has 0 aliphatic carbocycles. The summed E-state index contributed by atoms with van der Waals surface area (Å²) in [6.45, 7) is 0. The molecule has 0 unspecified atom stereocenters. The van der Waals surface area contributed by atoms with Crippen LogP contribution < -0.4 is 11.2 Å². The van der Waals surface area contributed by atoms with Gasteiger partial charge in [0.1, 0.15) is 5.69 Å². The molecule has 0 aliphatic heterocycles. The maximum atomic E-state index is 11.1. The molecule has 120 valence electrons. The first kappa shape index (κ1) is 15.2. The number of hydrogen-bond donors (Lipinski definition) is 2. The van der Waals surface area contributed by atoms with Crippen LogP contribution in [0.4, 0.5) is 0 Å². The van der Waals surface area contributed by atoms with Crippen molar-refractivity contribution in [2.45, 2.75) is 0 Å². The number of benzene rings is 1. The van der Waals surface area contributed by atoms with E-state index in [1.165, 1.54) is 12.5 Å². The van der Waals surface area contributed by atoms with E-state index in [1.54, 1.807) is 23.0 Å². The van der Waals surface area contributed by atoms with Crippen molar-refractivity contribution in [3.63, 3.8) is 0 Å². The van der Waals surface area contributed by atoms with Crippen LogP contribution in [-0.2, 0) is 9.59 Å². The fourth-order valence-electron chi connectivity index (χ4n) is 2.02. The molecule has 24 heavy (non-hydrogen) atoms. The fraction of sp³-hybridized carbons (Fsp3) is 0. The van der Waals surface area contributed by atoms with E-state index in [-0.39, 0.29) is 0 Å². The zero-order valence-corrected chi connectivity index (χ0v) is 12.4. The summed E-state index contributed by atoms with van der Waals surface area (Å²) >= 11 is 0. The number of nitrogens with one attached hydrogen (secondary N) is 1. The predicted molar refractivity (Wildman–Crippen MR) is 86.2 cm³/mol. The minimum Gasteiger partial charge on any atom is -0.463 e. The lowest BCUT2D eigenvalue weighted by molar-refractivity contribution is -0.137. The quantitative estimate of drug-likeness (QED) is 0.424. The number of aromatic nitrogens is 2. The molecule has 0 radical (unpaired) electrons. The molecule has 0 saturated heterocycles. The van der Waals surface area contributed by atoms with E-state index in [9.17, 15) is 9.59 Å². The summed E-state index contributed by atoms with van der Waals surface area (Å²) in [5.41, 5.74) is 8.88. The molecule has 2 aromatic heterocycles. The van der Waals surface area contributed by atoms with Crippen molar-refractivity contribution in [1.82, 2.24) is 15.2 Å². The van der Waals surface area contributed by atoms with Gasteiger partial charge in [-0.1, -0.05) is 18.2 Å². The number of hydrazone groups is 1. The van der Waals surface area contributed by atoms with Gasteiger partial charge in [-0.2, -0.15) is 10.2 Å². The number of hydrogen-bond acceptors (Lipinski definition) is 5. The Hall–Kier alpha value is -3.68. The lowest BCUT2D eigenvalue weighted by Crippen LogP contribution is -2.32. The molecular formula is C16H13N5O3. The topological polar surface area (TPSA) is 116 Å². The Morgan fingerprint density at radius 3 is 2.67 bits per heavy atom. The minimum absolute atomic E-state index is 0.543. The normalized spacial score (nSPS) is 10.8. The van der Waals surface area contributed by atoms with E-state index < -0.39 is 11.8 Å². The Kier molecular flexibility index (Phi) is 4.19. The third-order valence-corrected chi connectivity index (χ3v) is 3.11. The maximum absolute atomic E-state index is 11.1. The van der Waals surface area contributed by atoms with Gasteiger partial charge in [0.2, 0.25) is 0 Å². The number of furan rings is 1. The van der Waals surface area contributed by atoms with Gasteiger partial charge in [0.25, 0.3) is 0 Å². The molecule has 2 amide bonds. The second-order valence-corrected chi connectivity index (χ2v) is 4.75. The molecule has 8 heteroatoms. The lowest BCUT2D eigenvalue weighted by atomic mass is 10.2. The number of carbonyl (C=O) groups excluding carboxylic acids is 2. The molecule has 3 N–H and O–H groups in total. The summed E-state index contributed by atoms with van der Waals surface area (Å²) in [6, 6.07) is 13.0. The van der Waals surface area contributed by atoms with Crippen molar-refractivity contribution in [3.8, 4) is 17.1 Å². The van der Waals surface area contributed by atoms with Gasteiger partial charge in [-0.3, -0.25) is 9.59 Å². The van der Waals surface area contributed by atoms with Crippen molar-refractivity contribution in [3.05, 3.63) is 60.5 Å². The first-order valence-electron chi connectivity index (χ1n) is 6.97. The summed E-state index contributed by atoms with van der Waals surface area (Å²) < 4.78 is 7.04. The molecule has 3 rings (SSSR count). The van der Waals surface area contributed by atoms with Crippen LogP contribution in [0.5, 0.6) is 0 Å². The Balaban J connectivity index is 1.95. The predicted octanol–water partition coefficient (Wildman–Crippen LogP) is 1.07. The highest BCUT2D eigenvalue weighted by Gasteiger charge is 2.13. The fourth-order valence-corrected chi connectivity index (χ4v) is 2.02. The van der Waals surface area contributed by atoms with Crippen molar-refractivity contribution in [1.29, 1.82) is 0 Å². The van der Waals surface area contributed by atoms with Crippen LogP contribution in [0.3, 0.4) is 0 Å². The van der Waals surface area contributed by atoms with Crippen LogP contribution in [0.15, 0.2) is 64.4 Å². The van der Waals surface area contributed by atoms with E-state index in [1.807, 2.05) is 35.8 Å². The minimum atomic E-state index is -1.11. The number of amides is 2. The molecule has 0 fully saturated rings. The van der Waals surface area contributed by atoms with Crippen LogP contribution in [0.25, 0.3) is 17.1 Å². The van der Waals surface area contributed by atoms with Crippen LogP contribution in [0.1, 0.15) is 5.56 Å². The summed E-state index contributed by atoms with van der Waals surface area (Å²) in [6.07, 6.45) is 4.63. The van der Waals surface area contributed by atoms with E-state index in [0.29, 0.717) is 17.0 Å². The molecule has 0 spiro atoms. The van der Waals surface area contributed by atoms with Gasteiger partial charge in [0.15, 0.2) is 5.76 Å². The average molecular weight is 323 g/mol. The van der Waals surface area contributed by atoms with E-state index in [0.717, 1.165) is 5.69 Å². The first-order valence-corrected chi connectivity index (χ1v) is 6.97. The Bertz CT molecular complexity index is 882. The lowest BCUT2D eigenvalue weighted by Gasteiger charge is -1.98. The van der Waals surface area contributed by atoms with Crippen LogP contribution in [0.2, 0.25) is 0 Å². The van der Waals surface area contributed by atoms with Gasteiger partial charge >= 0.3 is 11.8 Å². The molecule has 8 nitrogen and oxygen atoms in total. The molecule has 0 bridgehead atoms. The van der Waals surface area contributed by atoms with Gasteiger partial charge in [-0.15, -0.1) is 0 Å². The third-order valence-electron chi connectivity index (χ3n) is 3.11. The van der Waals surface area contributed by atoms with Crippen molar-refractivity contribution in [2.24, 2.45) is 10.8 Å². The van der Waals surface area contributed by atoms with Gasteiger partial charge in [0.05, 0.1) is 18.2 Å². The molecular weight excluding hydrogens is 310 g/mol. The molecule has 0 saturated carbocycles. The molecule has 0 aliphatic rings. The number of nitrogens with zero attached hydrogens (tertiary/aromatic N) is 3. The third kappa shape index (κ3) is 3.22. The largest absolute Gasteiger partial charge is 0.463 e. The summed E-state index contributed by atoms with van der Waals surface area (Å²) in [5.74, 6) is -1.56. The number of nitrogens with two attached hydrogens (primary N) is 1. The van der Waals surface area contributed by atoms with Crippen molar-refractivity contribution in [2.75, 3.05) is 0 Å². The van der Waals surface area contributed by atoms with E-state index >= 15 is 0 Å². The molecule has 1 aromatic carbocycles. The van der Waals surface area contributed by atoms with Gasteiger partial charge in [-0.25, -0.2) is 10.1 Å². The van der Waals surface area contributed by atoms with Crippen molar-refractivity contribution >= 4 is 18.0 Å². The maximum Gasteiger partial charge on any atom is 0.329 e. The van der Waals surface area contributed by atoms with Crippen LogP contribution in [-0.4, -0.2) is 27.8 Å². The highest BCUT2D eigenvalue weighted by atomic mass is 16.3. The highest BCUT2D eigenvalue weighted by molar-refractivity contribution is 6.34. The number of rotatable bonds is 4. The molecule has 0 atom stereocenters. The SMILES string of the molecule is NC(=O)C(=O)N/N=C\c1cn(-c2ccccc2)nc1-c1ccco1. The zero-order chi connectivity index (χ0) is 16.9. The monoisotopic (exact) mass is 323 g/mol. The summed E-state index contributed by atoms with van der Waals surface area (Å²) in [4.78, 5) is 21.8. The average Bonchev–Trinajstić information content (AvgIpc) is 3.24. The van der Waals surface area contributed by atoms with Gasteiger partial charge in [-0.05, 0) is 24.3 Å². The molecule has 3 aromatic rings. The zero-order valence-electron chi connectivity index (χ0n) is 12.4. The summed E-state index contributed by atoms with van der Waals surface area (Å²) in [5, 5.41) is 8.20. The smallest absolute Gasteiger partial charge is 0.329 e. The Labute approximate surface area is 136 Å². The number of para-hydroxylation sites is 1. The first-order chi connectivity index (χ1) is 11.6. The Morgan fingerprint density at radius 2 is 2.00 bits per heavy atom. The van der Waals surface area contributed by atoms with Gasteiger partial charge in [0, 0.05) is 11.8 Å². The van der Waals surface area contributed by atoms with E-state index in [2.05, 4.69) is 10.2 Å². The Morgan fingerprint density at radius 1 is 1.21 bits per heavy atom. The van der Waals surface area contributed by atoms with Gasteiger partial charge < -0.3 is 10.2 Å². The number of carbonyl (C=O) groups is 2. The number of primary amides is 1. The summed E-state index contributed by atoms with van der Waals surface area (Å²) in [7, 11) is 0. The standard InChI is InChI=1S/C16H13N5O3/c17-15(22)16(23)19-18-9-11-10-21(12-5-2-1-3-6-12)20-14(11)13-7-4-8-24-13/h1-10H,(H2,17,22)(H,19,23)/b18-9-. The molecule has 2 heterocycles.